The molecule has 0 fully saturated rings. The van der Waals surface area contributed by atoms with Gasteiger partial charge in [-0.05, 0) is 59.3 Å². The van der Waals surface area contributed by atoms with Crippen LogP contribution in [-0.2, 0) is 10.0 Å². The van der Waals surface area contributed by atoms with Crippen LogP contribution in [0.1, 0.15) is 18.6 Å². The van der Waals surface area contributed by atoms with Crippen LogP contribution in [0.25, 0.3) is 0 Å². The standard InChI is InChI=1S/C14H14INO3S/c1-10(17)11-5-4-6-12(9-11)20(18,19)16-14-8-3-2-7-13(14)15/h2-10,16-17H,1H3. The molecule has 6 heteroatoms. The number of anilines is 1. The molecule has 0 radical (unpaired) electrons. The molecule has 2 N–H and O–H groups in total. The molecule has 2 aromatic rings. The fraction of sp³-hybridized carbons (Fsp3) is 0.143. The van der Waals surface area contributed by atoms with Crippen molar-refractivity contribution in [2.45, 2.75) is 17.9 Å². The van der Waals surface area contributed by atoms with E-state index in [1.54, 1.807) is 31.2 Å². The van der Waals surface area contributed by atoms with Crippen LogP contribution >= 0.6 is 22.6 Å². The molecule has 20 heavy (non-hydrogen) atoms. The lowest BCUT2D eigenvalue weighted by atomic mass is 10.1. The lowest BCUT2D eigenvalue weighted by Crippen LogP contribution is -2.14. The molecule has 2 rings (SSSR count). The molecule has 0 aliphatic heterocycles. The number of sulfonamides is 1. The summed E-state index contributed by atoms with van der Waals surface area (Å²) < 4.78 is 28.0. The largest absolute Gasteiger partial charge is 0.389 e. The zero-order valence-electron chi connectivity index (χ0n) is 10.7. The highest BCUT2D eigenvalue weighted by molar-refractivity contribution is 14.1. The second kappa shape index (κ2) is 6.11. The first kappa shape index (κ1) is 15.3. The molecule has 2 aromatic carbocycles. The van der Waals surface area contributed by atoms with Crippen molar-refractivity contribution >= 4 is 38.3 Å². The van der Waals surface area contributed by atoms with Crippen LogP contribution in [0.3, 0.4) is 0 Å². The van der Waals surface area contributed by atoms with E-state index in [-0.39, 0.29) is 4.90 Å². The van der Waals surface area contributed by atoms with Crippen molar-refractivity contribution in [3.8, 4) is 0 Å². The third kappa shape index (κ3) is 3.50. The minimum atomic E-state index is -3.66. The molecule has 0 bridgehead atoms. The maximum absolute atomic E-state index is 12.3. The van der Waals surface area contributed by atoms with E-state index in [0.29, 0.717) is 11.3 Å². The van der Waals surface area contributed by atoms with Gasteiger partial charge in [0.15, 0.2) is 0 Å². The lowest BCUT2D eigenvalue weighted by molar-refractivity contribution is 0.199. The van der Waals surface area contributed by atoms with Gasteiger partial charge in [-0.25, -0.2) is 8.42 Å². The van der Waals surface area contributed by atoms with Gasteiger partial charge in [-0.15, -0.1) is 0 Å². The average molecular weight is 403 g/mol. The summed E-state index contributed by atoms with van der Waals surface area (Å²) in [7, 11) is -3.66. The highest BCUT2D eigenvalue weighted by Gasteiger charge is 2.16. The maximum atomic E-state index is 12.3. The van der Waals surface area contributed by atoms with Gasteiger partial charge in [0.25, 0.3) is 10.0 Å². The number of aliphatic hydroxyl groups excluding tert-OH is 1. The molecule has 0 amide bonds. The van der Waals surface area contributed by atoms with Crippen LogP contribution in [-0.4, -0.2) is 13.5 Å². The van der Waals surface area contributed by atoms with Crippen molar-refractivity contribution in [1.29, 1.82) is 0 Å². The van der Waals surface area contributed by atoms with Crippen molar-refractivity contribution in [3.63, 3.8) is 0 Å². The molecule has 0 aliphatic carbocycles. The van der Waals surface area contributed by atoms with E-state index >= 15 is 0 Å². The Balaban J connectivity index is 2.36. The molecular formula is C14H14INO3S. The molecule has 1 unspecified atom stereocenters. The molecule has 0 saturated heterocycles. The van der Waals surface area contributed by atoms with Crippen LogP contribution in [0.15, 0.2) is 53.4 Å². The van der Waals surface area contributed by atoms with E-state index in [1.165, 1.54) is 12.1 Å². The maximum Gasteiger partial charge on any atom is 0.261 e. The first-order valence-corrected chi connectivity index (χ1v) is 8.52. The predicted molar refractivity (Wildman–Crippen MR) is 87.0 cm³/mol. The summed E-state index contributed by atoms with van der Waals surface area (Å²) in [6.07, 6.45) is -0.706. The normalized spacial score (nSPS) is 12.9. The van der Waals surface area contributed by atoms with Gasteiger partial charge in [-0.3, -0.25) is 4.72 Å². The van der Waals surface area contributed by atoms with Crippen molar-refractivity contribution < 1.29 is 13.5 Å². The third-order valence-corrected chi connectivity index (χ3v) is 5.07. The zero-order valence-corrected chi connectivity index (χ0v) is 13.7. The molecule has 106 valence electrons. The minimum absolute atomic E-state index is 0.135. The second-order valence-corrected chi connectivity index (χ2v) is 7.18. The van der Waals surface area contributed by atoms with E-state index < -0.39 is 16.1 Å². The number of para-hydroxylation sites is 1. The van der Waals surface area contributed by atoms with E-state index in [1.807, 2.05) is 12.1 Å². The Labute approximate surface area is 132 Å². The van der Waals surface area contributed by atoms with E-state index in [9.17, 15) is 13.5 Å². The van der Waals surface area contributed by atoms with Crippen LogP contribution in [0, 0.1) is 3.57 Å². The Morgan fingerprint density at radius 3 is 2.50 bits per heavy atom. The first-order valence-electron chi connectivity index (χ1n) is 5.95. The molecule has 1 atom stereocenters. The minimum Gasteiger partial charge on any atom is -0.389 e. The van der Waals surface area contributed by atoms with Crippen LogP contribution in [0.2, 0.25) is 0 Å². The Bertz CT molecular complexity index is 714. The lowest BCUT2D eigenvalue weighted by Gasteiger charge is -2.11. The van der Waals surface area contributed by atoms with Gasteiger partial charge in [-0.1, -0.05) is 24.3 Å². The Morgan fingerprint density at radius 2 is 1.85 bits per heavy atom. The number of aliphatic hydroxyl groups is 1. The van der Waals surface area contributed by atoms with Crippen molar-refractivity contribution in [1.82, 2.24) is 0 Å². The zero-order chi connectivity index (χ0) is 14.8. The highest BCUT2D eigenvalue weighted by Crippen LogP contribution is 2.23. The van der Waals surface area contributed by atoms with E-state index in [0.717, 1.165) is 3.57 Å². The molecule has 0 saturated carbocycles. The van der Waals surface area contributed by atoms with Gasteiger partial charge in [-0.2, -0.15) is 0 Å². The Hall–Kier alpha value is -1.12. The van der Waals surface area contributed by atoms with Crippen LogP contribution in [0.5, 0.6) is 0 Å². The van der Waals surface area contributed by atoms with Gasteiger partial charge >= 0.3 is 0 Å². The third-order valence-electron chi connectivity index (χ3n) is 2.77. The van der Waals surface area contributed by atoms with Crippen molar-refractivity contribution in [2.24, 2.45) is 0 Å². The molecule has 4 nitrogen and oxygen atoms in total. The number of hydrogen-bond donors (Lipinski definition) is 2. The summed E-state index contributed by atoms with van der Waals surface area (Å²) in [5, 5.41) is 9.53. The molecule has 0 spiro atoms. The second-order valence-electron chi connectivity index (χ2n) is 4.33. The number of benzene rings is 2. The number of nitrogens with one attached hydrogen (secondary N) is 1. The summed E-state index contributed by atoms with van der Waals surface area (Å²) in [6, 6.07) is 13.4. The van der Waals surface area contributed by atoms with Gasteiger partial charge in [0.05, 0.1) is 16.7 Å². The summed E-state index contributed by atoms with van der Waals surface area (Å²) in [5.74, 6) is 0. The van der Waals surface area contributed by atoms with Crippen LogP contribution in [0.4, 0.5) is 5.69 Å². The van der Waals surface area contributed by atoms with E-state index in [2.05, 4.69) is 27.3 Å². The smallest absolute Gasteiger partial charge is 0.261 e. The SMILES string of the molecule is CC(O)c1cccc(S(=O)(=O)Nc2ccccc2I)c1. The summed E-state index contributed by atoms with van der Waals surface area (Å²) in [6.45, 7) is 1.60. The molecule has 0 aliphatic rings. The number of halogens is 1. The first-order chi connectivity index (χ1) is 9.40. The fourth-order valence-electron chi connectivity index (χ4n) is 1.69. The average Bonchev–Trinajstić information content (AvgIpc) is 2.41. The summed E-state index contributed by atoms with van der Waals surface area (Å²) >= 11 is 2.07. The highest BCUT2D eigenvalue weighted by atomic mass is 127. The number of rotatable bonds is 4. The van der Waals surface area contributed by atoms with E-state index in [4.69, 9.17) is 0 Å². The van der Waals surface area contributed by atoms with Gasteiger partial charge < -0.3 is 5.11 Å². The molecule has 0 aromatic heterocycles. The van der Waals surface area contributed by atoms with Crippen molar-refractivity contribution in [3.05, 3.63) is 57.7 Å². The molecular weight excluding hydrogens is 389 g/mol. The van der Waals surface area contributed by atoms with Gasteiger partial charge in [0, 0.05) is 3.57 Å². The summed E-state index contributed by atoms with van der Waals surface area (Å²) in [4.78, 5) is 0.135. The Kier molecular flexibility index (Phi) is 4.66. The Morgan fingerprint density at radius 1 is 1.15 bits per heavy atom. The van der Waals surface area contributed by atoms with Crippen LogP contribution < -0.4 is 4.72 Å². The monoisotopic (exact) mass is 403 g/mol. The topological polar surface area (TPSA) is 66.4 Å². The predicted octanol–water partition coefficient (Wildman–Crippen LogP) is 3.15. The molecule has 0 heterocycles. The van der Waals surface area contributed by atoms with Crippen molar-refractivity contribution in [2.75, 3.05) is 4.72 Å². The quantitative estimate of drug-likeness (QED) is 0.771. The van der Waals surface area contributed by atoms with Gasteiger partial charge in [0.1, 0.15) is 0 Å². The van der Waals surface area contributed by atoms with Gasteiger partial charge in [0.2, 0.25) is 0 Å². The fourth-order valence-corrected chi connectivity index (χ4v) is 3.53. The number of hydrogen-bond acceptors (Lipinski definition) is 3. The summed E-state index contributed by atoms with van der Waals surface area (Å²) in [5.41, 5.74) is 1.10.